The lowest BCUT2D eigenvalue weighted by molar-refractivity contribution is 0.192. The van der Waals surface area contributed by atoms with Gasteiger partial charge in [0.2, 0.25) is 0 Å². The number of hydrogen-bond donors (Lipinski definition) is 3. The molecule has 0 saturated carbocycles. The van der Waals surface area contributed by atoms with Crippen molar-refractivity contribution >= 4 is 22.7 Å². The number of aliphatic hydroxyl groups is 1. The monoisotopic (exact) mass is 248 g/mol. The van der Waals surface area contributed by atoms with Gasteiger partial charge in [0.1, 0.15) is 0 Å². The van der Waals surface area contributed by atoms with Crippen molar-refractivity contribution in [1.82, 2.24) is 0 Å². The van der Waals surface area contributed by atoms with E-state index in [4.69, 9.17) is 5.73 Å². The van der Waals surface area contributed by atoms with Crippen LogP contribution in [0.4, 0.5) is 11.4 Å². The smallest absolute Gasteiger partial charge is 0.0970 e. The van der Waals surface area contributed by atoms with Crippen LogP contribution in [0.3, 0.4) is 0 Å². The molecule has 4 N–H and O–H groups in total. The molecular weight excluding hydrogens is 232 g/mol. The first-order valence-electron chi connectivity index (χ1n) is 5.47. The van der Waals surface area contributed by atoms with Gasteiger partial charge in [-0.05, 0) is 47.0 Å². The first-order chi connectivity index (χ1) is 8.16. The lowest BCUT2D eigenvalue weighted by Crippen LogP contribution is -2.11. The van der Waals surface area contributed by atoms with Gasteiger partial charge in [0, 0.05) is 17.9 Å². The third-order valence-corrected chi connectivity index (χ3v) is 3.41. The molecule has 0 spiro atoms. The predicted molar refractivity (Wildman–Crippen MR) is 73.4 cm³/mol. The summed E-state index contributed by atoms with van der Waals surface area (Å²) < 4.78 is 0. The largest absolute Gasteiger partial charge is 0.398 e. The van der Waals surface area contributed by atoms with Crippen LogP contribution in [0.25, 0.3) is 0 Å². The Balaban J connectivity index is 1.96. The standard InChI is InChI=1S/C13H16N2OS/c1-9-2-3-11(6-12(9)14)15-7-13(16)10-4-5-17-8-10/h2-6,8,13,15-16H,7,14H2,1H3. The second-order valence-corrected chi connectivity index (χ2v) is 4.80. The fourth-order valence-electron chi connectivity index (χ4n) is 1.55. The van der Waals surface area contributed by atoms with Gasteiger partial charge in [-0.25, -0.2) is 0 Å². The molecule has 0 amide bonds. The molecule has 4 heteroatoms. The van der Waals surface area contributed by atoms with Crippen LogP contribution in [-0.2, 0) is 0 Å². The Morgan fingerprint density at radius 2 is 2.24 bits per heavy atom. The molecule has 2 aromatic rings. The predicted octanol–water partition coefficient (Wildman–Crippen LogP) is 2.78. The maximum absolute atomic E-state index is 9.91. The van der Waals surface area contributed by atoms with E-state index in [1.807, 2.05) is 41.9 Å². The van der Waals surface area contributed by atoms with E-state index in [9.17, 15) is 5.11 Å². The minimum absolute atomic E-state index is 0.483. The minimum Gasteiger partial charge on any atom is -0.398 e. The molecule has 17 heavy (non-hydrogen) atoms. The fraction of sp³-hybridized carbons (Fsp3) is 0.231. The van der Waals surface area contributed by atoms with Gasteiger partial charge in [-0.3, -0.25) is 0 Å². The zero-order valence-electron chi connectivity index (χ0n) is 9.68. The van der Waals surface area contributed by atoms with Crippen LogP contribution in [0.15, 0.2) is 35.0 Å². The lowest BCUT2D eigenvalue weighted by atomic mass is 10.1. The summed E-state index contributed by atoms with van der Waals surface area (Å²) in [7, 11) is 0. The molecule has 1 aromatic carbocycles. The number of rotatable bonds is 4. The molecule has 2 rings (SSSR count). The summed E-state index contributed by atoms with van der Waals surface area (Å²) in [6, 6.07) is 7.75. The molecule has 0 aliphatic rings. The summed E-state index contributed by atoms with van der Waals surface area (Å²) in [5, 5.41) is 17.0. The first-order valence-corrected chi connectivity index (χ1v) is 6.41. The average molecular weight is 248 g/mol. The maximum atomic E-state index is 9.91. The van der Waals surface area contributed by atoms with Gasteiger partial charge in [0.15, 0.2) is 0 Å². The van der Waals surface area contributed by atoms with Crippen LogP contribution in [0, 0.1) is 6.92 Å². The zero-order valence-corrected chi connectivity index (χ0v) is 10.5. The Labute approximate surface area is 105 Å². The van der Waals surface area contributed by atoms with E-state index in [2.05, 4.69) is 5.32 Å². The van der Waals surface area contributed by atoms with Crippen LogP contribution in [0.1, 0.15) is 17.2 Å². The second kappa shape index (κ2) is 5.21. The summed E-state index contributed by atoms with van der Waals surface area (Å²) in [6.45, 7) is 2.46. The molecule has 0 bridgehead atoms. The van der Waals surface area contributed by atoms with Crippen LogP contribution >= 0.6 is 11.3 Å². The SMILES string of the molecule is Cc1ccc(NCC(O)c2ccsc2)cc1N. The number of nitrogens with two attached hydrogens (primary N) is 1. The van der Waals surface area contributed by atoms with Gasteiger partial charge in [-0.1, -0.05) is 6.07 Å². The van der Waals surface area contributed by atoms with Crippen molar-refractivity contribution in [2.45, 2.75) is 13.0 Å². The molecule has 0 aliphatic carbocycles. The number of benzene rings is 1. The molecule has 0 aliphatic heterocycles. The van der Waals surface area contributed by atoms with Crippen molar-refractivity contribution in [1.29, 1.82) is 0 Å². The highest BCUT2D eigenvalue weighted by Crippen LogP contribution is 2.20. The highest BCUT2D eigenvalue weighted by atomic mass is 32.1. The van der Waals surface area contributed by atoms with Gasteiger partial charge in [-0.2, -0.15) is 11.3 Å². The molecule has 1 heterocycles. The summed E-state index contributed by atoms with van der Waals surface area (Å²) in [5.41, 5.74) is 9.53. The second-order valence-electron chi connectivity index (χ2n) is 4.02. The molecule has 3 nitrogen and oxygen atoms in total. The molecule has 1 atom stereocenters. The van der Waals surface area contributed by atoms with Crippen molar-refractivity contribution in [2.24, 2.45) is 0 Å². The van der Waals surface area contributed by atoms with Crippen molar-refractivity contribution in [3.8, 4) is 0 Å². The van der Waals surface area contributed by atoms with E-state index in [1.165, 1.54) is 0 Å². The van der Waals surface area contributed by atoms with E-state index in [1.54, 1.807) is 11.3 Å². The third kappa shape index (κ3) is 2.99. The van der Waals surface area contributed by atoms with Crippen molar-refractivity contribution in [3.63, 3.8) is 0 Å². The Morgan fingerprint density at radius 1 is 1.41 bits per heavy atom. The third-order valence-electron chi connectivity index (χ3n) is 2.71. The Morgan fingerprint density at radius 3 is 2.88 bits per heavy atom. The number of nitrogen functional groups attached to an aromatic ring is 1. The lowest BCUT2D eigenvalue weighted by Gasteiger charge is -2.12. The highest BCUT2D eigenvalue weighted by Gasteiger charge is 2.07. The molecule has 1 aromatic heterocycles. The molecule has 0 fully saturated rings. The highest BCUT2D eigenvalue weighted by molar-refractivity contribution is 7.07. The Bertz CT molecular complexity index is 482. The maximum Gasteiger partial charge on any atom is 0.0970 e. The Kier molecular flexibility index (Phi) is 3.66. The van der Waals surface area contributed by atoms with E-state index in [0.29, 0.717) is 6.54 Å². The molecular formula is C13H16N2OS. The topological polar surface area (TPSA) is 58.3 Å². The normalized spacial score (nSPS) is 12.4. The van der Waals surface area contributed by atoms with Gasteiger partial charge in [-0.15, -0.1) is 0 Å². The number of nitrogens with one attached hydrogen (secondary N) is 1. The van der Waals surface area contributed by atoms with Crippen molar-refractivity contribution in [3.05, 3.63) is 46.2 Å². The van der Waals surface area contributed by atoms with Gasteiger partial charge in [0.05, 0.1) is 6.10 Å². The quantitative estimate of drug-likeness (QED) is 0.729. The number of aliphatic hydroxyl groups excluding tert-OH is 1. The minimum atomic E-state index is -0.483. The summed E-state index contributed by atoms with van der Waals surface area (Å²) in [5.74, 6) is 0. The van der Waals surface area contributed by atoms with E-state index >= 15 is 0 Å². The number of thiophene rings is 1. The summed E-state index contributed by atoms with van der Waals surface area (Å²) in [6.07, 6.45) is -0.483. The average Bonchev–Trinajstić information content (AvgIpc) is 2.84. The van der Waals surface area contributed by atoms with Crippen LogP contribution < -0.4 is 11.1 Å². The van der Waals surface area contributed by atoms with E-state index in [-0.39, 0.29) is 0 Å². The molecule has 0 saturated heterocycles. The van der Waals surface area contributed by atoms with E-state index in [0.717, 1.165) is 22.5 Å². The molecule has 90 valence electrons. The molecule has 0 radical (unpaired) electrons. The van der Waals surface area contributed by atoms with Crippen LogP contribution in [0.5, 0.6) is 0 Å². The summed E-state index contributed by atoms with van der Waals surface area (Å²) >= 11 is 1.59. The van der Waals surface area contributed by atoms with Gasteiger partial charge < -0.3 is 16.2 Å². The number of aryl methyl sites for hydroxylation is 1. The molecule has 1 unspecified atom stereocenters. The van der Waals surface area contributed by atoms with Crippen molar-refractivity contribution in [2.75, 3.05) is 17.6 Å². The van der Waals surface area contributed by atoms with Gasteiger partial charge in [0.25, 0.3) is 0 Å². The number of anilines is 2. The number of hydrogen-bond acceptors (Lipinski definition) is 4. The van der Waals surface area contributed by atoms with E-state index < -0.39 is 6.10 Å². The summed E-state index contributed by atoms with van der Waals surface area (Å²) in [4.78, 5) is 0. The van der Waals surface area contributed by atoms with Crippen molar-refractivity contribution < 1.29 is 5.11 Å². The first kappa shape index (κ1) is 12.0. The Hall–Kier alpha value is -1.52. The fourth-order valence-corrected chi connectivity index (χ4v) is 2.25. The zero-order chi connectivity index (χ0) is 12.3. The van der Waals surface area contributed by atoms with Gasteiger partial charge >= 0.3 is 0 Å². The van der Waals surface area contributed by atoms with Crippen LogP contribution in [-0.4, -0.2) is 11.7 Å². The van der Waals surface area contributed by atoms with Crippen LogP contribution in [0.2, 0.25) is 0 Å².